The molecule has 1 fully saturated rings. The van der Waals surface area contributed by atoms with Crippen molar-refractivity contribution in [1.82, 2.24) is 0 Å². The summed E-state index contributed by atoms with van der Waals surface area (Å²) in [5, 5.41) is 0. The molecule has 1 heterocycles. The molecule has 0 radical (unpaired) electrons. The second-order valence-corrected chi connectivity index (χ2v) is 8.96. The lowest BCUT2D eigenvalue weighted by molar-refractivity contribution is 0.178. The number of nitrogens with zero attached hydrogens (tertiary/aromatic N) is 1. The molecule has 3 aliphatic rings. The second-order valence-electron chi connectivity index (χ2n) is 8.96. The van der Waals surface area contributed by atoms with Gasteiger partial charge in [0.2, 0.25) is 0 Å². The van der Waals surface area contributed by atoms with Gasteiger partial charge in [-0.05, 0) is 74.1 Å². The average molecular weight is 370 g/mol. The Hall–Kier alpha value is -1.71. The summed E-state index contributed by atoms with van der Waals surface area (Å²) in [6.07, 6.45) is 13.6. The number of nitrogen functional groups attached to an aromatic ring is 2. The van der Waals surface area contributed by atoms with E-state index in [4.69, 9.17) is 16.2 Å². The van der Waals surface area contributed by atoms with Crippen LogP contribution in [0.2, 0.25) is 0 Å². The van der Waals surface area contributed by atoms with Gasteiger partial charge in [0.15, 0.2) is 12.0 Å². The molecular formula is C23H35N3O. The van der Waals surface area contributed by atoms with E-state index >= 15 is 0 Å². The molecule has 2 aliphatic carbocycles. The number of fused-ring (bicyclic) bond motifs is 3. The first-order valence-electron chi connectivity index (χ1n) is 11.0. The van der Waals surface area contributed by atoms with Gasteiger partial charge in [0.1, 0.15) is 0 Å². The van der Waals surface area contributed by atoms with Gasteiger partial charge in [-0.15, -0.1) is 0 Å². The van der Waals surface area contributed by atoms with Crippen LogP contribution in [0.15, 0.2) is 4.99 Å². The van der Waals surface area contributed by atoms with Crippen molar-refractivity contribution in [2.24, 2.45) is 22.7 Å². The van der Waals surface area contributed by atoms with Crippen LogP contribution in [0.5, 0.6) is 5.75 Å². The molecule has 0 saturated heterocycles. The molecule has 4 nitrogen and oxygen atoms in total. The first-order chi connectivity index (χ1) is 13.1. The molecule has 4 rings (SSSR count). The Morgan fingerprint density at radius 1 is 0.926 bits per heavy atom. The smallest absolute Gasteiger partial charge is 0.189 e. The second kappa shape index (κ2) is 7.73. The fourth-order valence-corrected chi connectivity index (χ4v) is 5.91. The molecular weight excluding hydrogens is 334 g/mol. The number of nitrogens with two attached hydrogens (primary N) is 2. The van der Waals surface area contributed by atoms with Crippen molar-refractivity contribution in [2.45, 2.75) is 83.8 Å². The first-order valence-corrected chi connectivity index (χ1v) is 11.0. The lowest BCUT2D eigenvalue weighted by Crippen LogP contribution is -2.29. The number of hydrogen-bond acceptors (Lipinski definition) is 4. The number of rotatable bonds is 4. The lowest BCUT2D eigenvalue weighted by atomic mass is 9.68. The van der Waals surface area contributed by atoms with Gasteiger partial charge in [0.25, 0.3) is 0 Å². The summed E-state index contributed by atoms with van der Waals surface area (Å²) in [4.78, 5) is 4.05. The van der Waals surface area contributed by atoms with Gasteiger partial charge in [-0.3, -0.25) is 4.99 Å². The van der Waals surface area contributed by atoms with E-state index in [9.17, 15) is 0 Å². The van der Waals surface area contributed by atoms with Crippen molar-refractivity contribution < 1.29 is 4.74 Å². The van der Waals surface area contributed by atoms with Crippen LogP contribution in [0.1, 0.15) is 75.0 Å². The van der Waals surface area contributed by atoms with Crippen molar-refractivity contribution in [3.63, 3.8) is 0 Å². The summed E-state index contributed by atoms with van der Waals surface area (Å²) >= 11 is 0. The summed E-state index contributed by atoms with van der Waals surface area (Å²) in [5.41, 5.74) is 18.4. The van der Waals surface area contributed by atoms with E-state index in [1.54, 1.807) is 0 Å². The van der Waals surface area contributed by atoms with Crippen LogP contribution in [-0.2, 0) is 19.3 Å². The Morgan fingerprint density at radius 2 is 1.67 bits per heavy atom. The number of hydrogen-bond donors (Lipinski definition) is 2. The Kier molecular flexibility index (Phi) is 5.34. The van der Waals surface area contributed by atoms with E-state index in [0.29, 0.717) is 5.69 Å². The average Bonchev–Trinajstić information content (AvgIpc) is 2.72. The van der Waals surface area contributed by atoms with Gasteiger partial charge in [-0.2, -0.15) is 0 Å². The minimum Gasteiger partial charge on any atom is -0.466 e. The van der Waals surface area contributed by atoms with Crippen LogP contribution < -0.4 is 16.2 Å². The summed E-state index contributed by atoms with van der Waals surface area (Å²) in [5.74, 6) is 3.40. The van der Waals surface area contributed by atoms with Crippen molar-refractivity contribution in [1.29, 1.82) is 0 Å². The van der Waals surface area contributed by atoms with Crippen LogP contribution in [0.4, 0.5) is 11.4 Å². The highest BCUT2D eigenvalue weighted by Gasteiger charge is 2.34. The van der Waals surface area contributed by atoms with Crippen molar-refractivity contribution >= 4 is 18.1 Å². The minimum atomic E-state index is -0.188. The summed E-state index contributed by atoms with van der Waals surface area (Å²) < 4.78 is 6.00. The molecule has 4 heteroatoms. The summed E-state index contributed by atoms with van der Waals surface area (Å²) in [7, 11) is 0. The molecule has 1 aromatic rings. The number of ether oxygens (including phenoxy) is 1. The molecule has 1 aliphatic heterocycles. The van der Waals surface area contributed by atoms with Gasteiger partial charge < -0.3 is 16.2 Å². The zero-order valence-electron chi connectivity index (χ0n) is 16.8. The number of aliphatic imine (C=N–C) groups is 1. The Bertz CT molecular complexity index is 706. The topological polar surface area (TPSA) is 73.6 Å². The fraction of sp³-hybridized carbons (Fsp3) is 0.696. The quantitative estimate of drug-likeness (QED) is 0.450. The van der Waals surface area contributed by atoms with E-state index in [2.05, 4.69) is 18.6 Å². The van der Waals surface area contributed by atoms with Crippen molar-refractivity contribution in [3.05, 3.63) is 16.7 Å². The number of anilines is 2. The molecule has 0 bridgehead atoms. The van der Waals surface area contributed by atoms with Gasteiger partial charge in [-0.1, -0.05) is 32.6 Å². The minimum absolute atomic E-state index is 0.188. The van der Waals surface area contributed by atoms with Gasteiger partial charge in [-0.25, -0.2) is 0 Å². The van der Waals surface area contributed by atoms with Crippen molar-refractivity contribution in [2.75, 3.05) is 11.5 Å². The Morgan fingerprint density at radius 3 is 2.37 bits per heavy atom. The monoisotopic (exact) mass is 369 g/mol. The SMILES string of the molecule is C=NC1CCc2c3c(c(N)c(N)c2O1)CC(C1CCC(CCC)CC1)CC3. The molecule has 0 aromatic heterocycles. The zero-order valence-corrected chi connectivity index (χ0v) is 16.8. The molecule has 2 atom stereocenters. The summed E-state index contributed by atoms with van der Waals surface area (Å²) in [6.45, 7) is 5.94. The zero-order chi connectivity index (χ0) is 19.0. The van der Waals surface area contributed by atoms with Gasteiger partial charge in [0.05, 0.1) is 11.4 Å². The maximum Gasteiger partial charge on any atom is 0.189 e. The Balaban J connectivity index is 1.54. The normalized spacial score (nSPS) is 30.1. The summed E-state index contributed by atoms with van der Waals surface area (Å²) in [6, 6.07) is 0. The third-order valence-corrected chi connectivity index (χ3v) is 7.45. The highest BCUT2D eigenvalue weighted by molar-refractivity contribution is 5.79. The molecule has 0 amide bonds. The van der Waals surface area contributed by atoms with E-state index in [1.807, 2.05) is 0 Å². The van der Waals surface area contributed by atoms with E-state index < -0.39 is 0 Å². The molecule has 1 aromatic carbocycles. The molecule has 0 spiro atoms. The van der Waals surface area contributed by atoms with E-state index in [1.165, 1.54) is 61.6 Å². The Labute approximate surface area is 163 Å². The third kappa shape index (κ3) is 3.43. The van der Waals surface area contributed by atoms with Crippen LogP contribution in [0.25, 0.3) is 0 Å². The van der Waals surface area contributed by atoms with E-state index in [-0.39, 0.29) is 6.23 Å². The predicted molar refractivity (Wildman–Crippen MR) is 113 cm³/mol. The van der Waals surface area contributed by atoms with Crippen molar-refractivity contribution in [3.8, 4) is 5.75 Å². The largest absolute Gasteiger partial charge is 0.466 e. The third-order valence-electron chi connectivity index (χ3n) is 7.45. The molecule has 4 N–H and O–H groups in total. The first kappa shape index (κ1) is 18.6. The van der Waals surface area contributed by atoms with Gasteiger partial charge >= 0.3 is 0 Å². The predicted octanol–water partition coefficient (Wildman–Crippen LogP) is 4.91. The maximum atomic E-state index is 6.52. The van der Waals surface area contributed by atoms with Crippen LogP contribution >= 0.6 is 0 Å². The lowest BCUT2D eigenvalue weighted by Gasteiger charge is -2.38. The van der Waals surface area contributed by atoms with Crippen LogP contribution in [0, 0.1) is 17.8 Å². The molecule has 2 unspecified atom stereocenters. The highest BCUT2D eigenvalue weighted by atomic mass is 16.5. The fourth-order valence-electron chi connectivity index (χ4n) is 5.91. The standard InChI is InChI=1S/C23H35N3O/c1-3-4-14-5-7-15(8-6-14)16-9-10-17-18-11-12-20(26-2)27-23(18)22(25)21(24)19(17)13-16/h14-16,20H,2-13,24-25H2,1H3. The highest BCUT2D eigenvalue weighted by Crippen LogP contribution is 2.48. The molecule has 148 valence electrons. The number of benzene rings is 1. The van der Waals surface area contributed by atoms with E-state index in [0.717, 1.165) is 54.9 Å². The molecule has 1 saturated carbocycles. The molecule has 27 heavy (non-hydrogen) atoms. The van der Waals surface area contributed by atoms with Gasteiger partial charge in [0, 0.05) is 12.0 Å². The van der Waals surface area contributed by atoms with Crippen LogP contribution in [0.3, 0.4) is 0 Å². The maximum absolute atomic E-state index is 6.52. The van der Waals surface area contributed by atoms with Crippen LogP contribution in [-0.4, -0.2) is 12.9 Å².